The monoisotopic (exact) mass is 257 g/mol. The highest BCUT2D eigenvalue weighted by molar-refractivity contribution is 7.79. The maximum absolute atomic E-state index is 4.27. The van der Waals surface area contributed by atoms with Crippen molar-refractivity contribution in [3.63, 3.8) is 0 Å². The van der Waals surface area contributed by atoms with E-state index in [0.717, 1.165) is 23.4 Å². The van der Waals surface area contributed by atoms with Gasteiger partial charge < -0.3 is 0 Å². The molecule has 0 heterocycles. The molecule has 0 aliphatic rings. The van der Waals surface area contributed by atoms with Crippen molar-refractivity contribution in [1.29, 1.82) is 0 Å². The summed E-state index contributed by atoms with van der Waals surface area (Å²) in [5.41, 5.74) is 0.825. The molecular weight excluding hydrogens is 223 g/mol. The molecule has 0 fully saturated rings. The van der Waals surface area contributed by atoms with Crippen molar-refractivity contribution in [1.82, 2.24) is 0 Å². The molecule has 0 saturated carbocycles. The maximum atomic E-state index is 4.27. The minimum absolute atomic E-state index is 0.806. The number of hydrogen-bond donors (Lipinski definition) is 0. The Labute approximate surface area is 111 Å². The van der Waals surface area contributed by atoms with Crippen molar-refractivity contribution in [2.75, 3.05) is 12.8 Å². The third-order valence-corrected chi connectivity index (χ3v) is 10.5. The lowest BCUT2D eigenvalue weighted by molar-refractivity contribution is 0.329. The van der Waals surface area contributed by atoms with Gasteiger partial charge in [-0.25, -0.2) is 0 Å². The van der Waals surface area contributed by atoms with Gasteiger partial charge in [-0.15, -0.1) is 0 Å². The Morgan fingerprint density at radius 3 is 1.82 bits per heavy atom. The quantitative estimate of drug-likeness (QED) is 0.498. The first-order chi connectivity index (χ1) is 7.66. The summed E-state index contributed by atoms with van der Waals surface area (Å²) in [6, 6.07) is 0. The van der Waals surface area contributed by atoms with Crippen molar-refractivity contribution in [2.24, 2.45) is 17.8 Å². The summed E-state index contributed by atoms with van der Waals surface area (Å²) < 4.78 is 0. The van der Waals surface area contributed by atoms with Crippen LogP contribution in [0.25, 0.3) is 0 Å². The van der Waals surface area contributed by atoms with Crippen LogP contribution in [-0.4, -0.2) is 18.5 Å². The maximum Gasteiger partial charge on any atom is 0.0735 e. The van der Waals surface area contributed by atoms with Crippen LogP contribution in [0.3, 0.4) is 0 Å². The zero-order chi connectivity index (χ0) is 13.8. The van der Waals surface area contributed by atoms with Gasteiger partial charge in [0.2, 0.25) is 0 Å². The summed E-state index contributed by atoms with van der Waals surface area (Å²) in [6.45, 7) is 23.3. The SMILES string of the molecule is C=C(C)[P+](C)(CC)C(C)C(C)CC(C)C(C)C. The lowest BCUT2D eigenvalue weighted by Gasteiger charge is -2.34. The first kappa shape index (κ1) is 17.2. The van der Waals surface area contributed by atoms with E-state index in [9.17, 15) is 0 Å². The summed E-state index contributed by atoms with van der Waals surface area (Å²) in [5.74, 6) is 2.46. The molecule has 0 aliphatic heterocycles. The van der Waals surface area contributed by atoms with Crippen molar-refractivity contribution in [3.8, 4) is 0 Å². The van der Waals surface area contributed by atoms with Crippen LogP contribution >= 0.6 is 7.26 Å². The molecule has 0 N–H and O–H groups in total. The predicted molar refractivity (Wildman–Crippen MR) is 85.4 cm³/mol. The second-order valence-electron chi connectivity index (χ2n) is 6.49. The molecule has 17 heavy (non-hydrogen) atoms. The van der Waals surface area contributed by atoms with Gasteiger partial charge in [0.25, 0.3) is 0 Å². The molecule has 0 nitrogen and oxygen atoms in total. The van der Waals surface area contributed by atoms with Crippen LogP contribution in [0.1, 0.15) is 54.9 Å². The molecule has 0 aromatic heterocycles. The molecule has 0 aromatic rings. The highest BCUT2D eigenvalue weighted by Gasteiger charge is 2.41. The summed E-state index contributed by atoms with van der Waals surface area (Å²) in [6.07, 6.45) is 2.67. The molecule has 1 heteroatoms. The fourth-order valence-corrected chi connectivity index (χ4v) is 5.58. The number of hydrogen-bond acceptors (Lipinski definition) is 0. The first-order valence-electron chi connectivity index (χ1n) is 7.18. The van der Waals surface area contributed by atoms with Crippen LogP contribution in [0.2, 0.25) is 0 Å². The molecule has 0 saturated heterocycles. The Balaban J connectivity index is 4.68. The predicted octanol–water partition coefficient (Wildman–Crippen LogP) is 5.89. The van der Waals surface area contributed by atoms with Crippen LogP contribution in [0.5, 0.6) is 0 Å². The largest absolute Gasteiger partial charge is 0.0735 e. The molecule has 0 radical (unpaired) electrons. The van der Waals surface area contributed by atoms with E-state index in [2.05, 4.69) is 61.7 Å². The van der Waals surface area contributed by atoms with Gasteiger partial charge in [0, 0.05) is 7.26 Å². The smallest absolute Gasteiger partial charge is 0.0625 e. The zero-order valence-electron chi connectivity index (χ0n) is 13.4. The van der Waals surface area contributed by atoms with Gasteiger partial charge in [-0.2, -0.15) is 0 Å². The summed E-state index contributed by atoms with van der Waals surface area (Å²) in [7, 11) is -0.950. The number of allylic oxidation sites excluding steroid dienone is 1. The average molecular weight is 257 g/mol. The van der Waals surface area contributed by atoms with Crippen molar-refractivity contribution >= 4 is 7.26 Å². The van der Waals surface area contributed by atoms with Crippen LogP contribution < -0.4 is 0 Å². The van der Waals surface area contributed by atoms with E-state index < -0.39 is 7.26 Å². The fourth-order valence-electron chi connectivity index (χ4n) is 2.52. The third-order valence-electron chi connectivity index (χ3n) is 5.13. The molecule has 0 aromatic carbocycles. The van der Waals surface area contributed by atoms with Crippen molar-refractivity contribution < 1.29 is 0 Å². The highest BCUT2D eigenvalue weighted by Crippen LogP contribution is 2.67. The second-order valence-corrected chi connectivity index (χ2v) is 11.2. The van der Waals surface area contributed by atoms with Crippen LogP contribution in [-0.2, 0) is 0 Å². The molecule has 0 aliphatic carbocycles. The van der Waals surface area contributed by atoms with E-state index in [-0.39, 0.29) is 0 Å². The molecule has 0 spiro atoms. The van der Waals surface area contributed by atoms with Gasteiger partial charge in [0.05, 0.1) is 23.8 Å². The fraction of sp³-hybridized carbons (Fsp3) is 0.875. The lowest BCUT2D eigenvalue weighted by Crippen LogP contribution is -2.23. The minimum atomic E-state index is -0.950. The van der Waals surface area contributed by atoms with Gasteiger partial charge in [0.1, 0.15) is 0 Å². The van der Waals surface area contributed by atoms with Gasteiger partial charge in [-0.1, -0.05) is 34.3 Å². The molecule has 0 amide bonds. The molecule has 4 unspecified atom stereocenters. The highest BCUT2D eigenvalue weighted by atomic mass is 31.2. The van der Waals surface area contributed by atoms with Gasteiger partial charge >= 0.3 is 0 Å². The third kappa shape index (κ3) is 4.40. The Bertz CT molecular complexity index is 244. The van der Waals surface area contributed by atoms with Gasteiger partial charge in [0.15, 0.2) is 0 Å². The Hall–Kier alpha value is 0.170. The standard InChI is InChI=1S/C16H34P/c1-10-17(9,13(4)5)16(8)15(7)11-14(6)12(2)3/h12,14-16H,4,10-11H2,1-3,5-9H3/q+1. The van der Waals surface area contributed by atoms with Crippen LogP contribution in [0.4, 0.5) is 0 Å². The normalized spacial score (nSPS) is 20.8. The minimum Gasteiger partial charge on any atom is -0.0625 e. The topological polar surface area (TPSA) is 0 Å². The molecular formula is C16H34P+. The van der Waals surface area contributed by atoms with Gasteiger partial charge in [-0.05, 0) is 44.9 Å². The molecule has 0 rings (SSSR count). The van der Waals surface area contributed by atoms with Crippen LogP contribution in [0, 0.1) is 17.8 Å². The second kappa shape index (κ2) is 6.93. The van der Waals surface area contributed by atoms with E-state index in [1.807, 2.05) is 0 Å². The van der Waals surface area contributed by atoms with Crippen molar-refractivity contribution in [2.45, 2.75) is 60.5 Å². The summed E-state index contributed by atoms with van der Waals surface area (Å²) >= 11 is 0. The molecule has 102 valence electrons. The van der Waals surface area contributed by atoms with Crippen molar-refractivity contribution in [3.05, 3.63) is 11.9 Å². The van der Waals surface area contributed by atoms with E-state index in [0.29, 0.717) is 0 Å². The molecule has 4 atom stereocenters. The van der Waals surface area contributed by atoms with E-state index >= 15 is 0 Å². The van der Waals surface area contributed by atoms with Crippen LogP contribution in [0.15, 0.2) is 11.9 Å². The first-order valence-corrected chi connectivity index (χ1v) is 9.67. The Kier molecular flexibility index (Phi) is 7.00. The van der Waals surface area contributed by atoms with E-state index in [1.165, 1.54) is 17.9 Å². The Morgan fingerprint density at radius 1 is 1.06 bits per heavy atom. The summed E-state index contributed by atoms with van der Waals surface area (Å²) in [5, 5.41) is 1.46. The Morgan fingerprint density at radius 2 is 1.53 bits per heavy atom. The van der Waals surface area contributed by atoms with E-state index in [4.69, 9.17) is 0 Å². The lowest BCUT2D eigenvalue weighted by atomic mass is 9.87. The summed E-state index contributed by atoms with van der Waals surface area (Å²) in [4.78, 5) is 0. The van der Waals surface area contributed by atoms with Gasteiger partial charge in [-0.3, -0.25) is 0 Å². The van der Waals surface area contributed by atoms with E-state index in [1.54, 1.807) is 0 Å². The number of rotatable bonds is 7. The zero-order valence-corrected chi connectivity index (χ0v) is 14.3. The molecule has 0 bridgehead atoms. The average Bonchev–Trinajstić information content (AvgIpc) is 2.26.